The Hall–Kier alpha value is -2.87. The Labute approximate surface area is 121 Å². The molecule has 0 atom stereocenters. The fourth-order valence-electron chi connectivity index (χ4n) is 1.79. The number of aryl methyl sites for hydroxylation is 1. The molecule has 0 spiro atoms. The van der Waals surface area contributed by atoms with Crippen LogP contribution in [0.1, 0.15) is 27.0 Å². The Balaban J connectivity index is 2.07. The number of phenols is 1. The second kappa shape index (κ2) is 6.06. The zero-order valence-electron chi connectivity index (χ0n) is 11.4. The van der Waals surface area contributed by atoms with E-state index >= 15 is 0 Å². The van der Waals surface area contributed by atoms with E-state index in [-0.39, 0.29) is 17.9 Å². The maximum absolute atomic E-state index is 13.7. The van der Waals surface area contributed by atoms with Crippen molar-refractivity contribution in [1.82, 2.24) is 5.32 Å². The molecule has 21 heavy (non-hydrogen) atoms. The van der Waals surface area contributed by atoms with Gasteiger partial charge in [0, 0.05) is 17.7 Å². The van der Waals surface area contributed by atoms with Crippen LogP contribution in [0.5, 0.6) is 5.75 Å². The Morgan fingerprint density at radius 2 is 2.10 bits per heavy atom. The Bertz CT molecular complexity index is 736. The number of phenolic OH excluding ortho intramolecular Hbond substituents is 1. The van der Waals surface area contributed by atoms with E-state index in [1.807, 2.05) is 6.07 Å². The van der Waals surface area contributed by atoms with E-state index in [4.69, 9.17) is 5.26 Å². The van der Waals surface area contributed by atoms with Gasteiger partial charge in [0.2, 0.25) is 0 Å². The molecule has 2 N–H and O–H groups in total. The zero-order chi connectivity index (χ0) is 15.4. The van der Waals surface area contributed by atoms with Gasteiger partial charge >= 0.3 is 0 Å². The van der Waals surface area contributed by atoms with E-state index in [0.29, 0.717) is 16.7 Å². The minimum absolute atomic E-state index is 0.00497. The Kier molecular flexibility index (Phi) is 4.19. The second-order valence-electron chi connectivity index (χ2n) is 4.60. The lowest BCUT2D eigenvalue weighted by Gasteiger charge is -2.08. The number of aromatic hydroxyl groups is 1. The van der Waals surface area contributed by atoms with Crippen LogP contribution in [0.15, 0.2) is 36.4 Å². The van der Waals surface area contributed by atoms with Crippen molar-refractivity contribution in [3.8, 4) is 11.8 Å². The number of carbonyl (C=O) groups is 1. The number of rotatable bonds is 3. The fourth-order valence-corrected chi connectivity index (χ4v) is 1.79. The first kappa shape index (κ1) is 14.5. The molecule has 5 heteroatoms. The highest BCUT2D eigenvalue weighted by Gasteiger charge is 2.09. The third-order valence-electron chi connectivity index (χ3n) is 3.09. The van der Waals surface area contributed by atoms with Gasteiger partial charge in [-0.3, -0.25) is 4.79 Å². The van der Waals surface area contributed by atoms with Crippen molar-refractivity contribution in [3.05, 3.63) is 64.5 Å². The van der Waals surface area contributed by atoms with Crippen LogP contribution in [-0.4, -0.2) is 11.0 Å². The normalized spacial score (nSPS) is 9.95. The summed E-state index contributed by atoms with van der Waals surface area (Å²) in [6.07, 6.45) is 0. The van der Waals surface area contributed by atoms with Crippen LogP contribution in [0.2, 0.25) is 0 Å². The van der Waals surface area contributed by atoms with Gasteiger partial charge in [0.15, 0.2) is 0 Å². The summed E-state index contributed by atoms with van der Waals surface area (Å²) in [6.45, 7) is 1.73. The largest absolute Gasteiger partial charge is 0.508 e. The Morgan fingerprint density at radius 1 is 1.33 bits per heavy atom. The summed E-state index contributed by atoms with van der Waals surface area (Å²) >= 11 is 0. The molecular formula is C16H13FN2O2. The van der Waals surface area contributed by atoms with Crippen LogP contribution in [0.4, 0.5) is 4.39 Å². The molecule has 2 aromatic carbocycles. The summed E-state index contributed by atoms with van der Waals surface area (Å²) in [6, 6.07) is 10.5. The van der Waals surface area contributed by atoms with Crippen molar-refractivity contribution in [3.63, 3.8) is 0 Å². The lowest BCUT2D eigenvalue weighted by atomic mass is 10.1. The summed E-state index contributed by atoms with van der Waals surface area (Å²) in [7, 11) is 0. The molecule has 0 unspecified atom stereocenters. The number of benzene rings is 2. The van der Waals surface area contributed by atoms with E-state index in [0.717, 1.165) is 6.07 Å². The standard InChI is InChI=1S/C16H13FN2O2/c1-10-2-4-12(7-15(10)20)16(21)19-9-13-5-3-11(8-18)6-14(13)17/h2-7,20H,9H2,1H3,(H,19,21). The van der Waals surface area contributed by atoms with Crippen molar-refractivity contribution < 1.29 is 14.3 Å². The quantitative estimate of drug-likeness (QED) is 0.910. The van der Waals surface area contributed by atoms with E-state index in [1.165, 1.54) is 18.2 Å². The van der Waals surface area contributed by atoms with Gasteiger partial charge in [-0.1, -0.05) is 12.1 Å². The lowest BCUT2D eigenvalue weighted by Crippen LogP contribution is -2.23. The monoisotopic (exact) mass is 284 g/mol. The van der Waals surface area contributed by atoms with E-state index in [9.17, 15) is 14.3 Å². The van der Waals surface area contributed by atoms with Crippen molar-refractivity contribution in [2.75, 3.05) is 0 Å². The average Bonchev–Trinajstić information content (AvgIpc) is 2.48. The number of carbonyl (C=O) groups excluding carboxylic acids is 1. The Morgan fingerprint density at radius 3 is 2.71 bits per heavy atom. The molecule has 0 aliphatic heterocycles. The number of amides is 1. The predicted octanol–water partition coefficient (Wildman–Crippen LogP) is 2.64. The van der Waals surface area contributed by atoms with Gasteiger partial charge in [-0.15, -0.1) is 0 Å². The number of hydrogen-bond acceptors (Lipinski definition) is 3. The summed E-state index contributed by atoms with van der Waals surface area (Å²) < 4.78 is 13.7. The highest BCUT2D eigenvalue weighted by atomic mass is 19.1. The third-order valence-corrected chi connectivity index (χ3v) is 3.09. The van der Waals surface area contributed by atoms with Crippen LogP contribution in [0.25, 0.3) is 0 Å². The smallest absolute Gasteiger partial charge is 0.251 e. The summed E-state index contributed by atoms with van der Waals surface area (Å²) in [5, 5.41) is 20.8. The van der Waals surface area contributed by atoms with Gasteiger partial charge in [-0.05, 0) is 36.8 Å². The molecule has 2 rings (SSSR count). The molecule has 0 fully saturated rings. The summed E-state index contributed by atoms with van der Waals surface area (Å²) in [4.78, 5) is 11.9. The van der Waals surface area contributed by atoms with Gasteiger partial charge in [0.05, 0.1) is 11.6 Å². The van der Waals surface area contributed by atoms with Crippen molar-refractivity contribution in [2.45, 2.75) is 13.5 Å². The summed E-state index contributed by atoms with van der Waals surface area (Å²) in [5.74, 6) is -0.914. The average molecular weight is 284 g/mol. The molecule has 1 amide bonds. The van der Waals surface area contributed by atoms with E-state index in [2.05, 4.69) is 5.32 Å². The molecule has 4 nitrogen and oxygen atoms in total. The fraction of sp³-hybridized carbons (Fsp3) is 0.125. The van der Waals surface area contributed by atoms with Crippen molar-refractivity contribution in [2.24, 2.45) is 0 Å². The van der Waals surface area contributed by atoms with E-state index < -0.39 is 11.7 Å². The number of nitrogens with zero attached hydrogens (tertiary/aromatic N) is 1. The summed E-state index contributed by atoms with van der Waals surface area (Å²) in [5.41, 5.74) is 1.49. The van der Waals surface area contributed by atoms with E-state index in [1.54, 1.807) is 19.1 Å². The van der Waals surface area contributed by atoms with Gasteiger partial charge in [-0.2, -0.15) is 5.26 Å². The molecule has 106 valence electrons. The molecule has 0 aliphatic carbocycles. The molecule has 0 saturated carbocycles. The molecule has 0 bridgehead atoms. The first-order valence-electron chi connectivity index (χ1n) is 6.27. The van der Waals surface area contributed by atoms with Crippen LogP contribution in [0, 0.1) is 24.1 Å². The van der Waals surface area contributed by atoms with Crippen molar-refractivity contribution >= 4 is 5.91 Å². The van der Waals surface area contributed by atoms with Crippen LogP contribution >= 0.6 is 0 Å². The van der Waals surface area contributed by atoms with Crippen molar-refractivity contribution in [1.29, 1.82) is 5.26 Å². The van der Waals surface area contributed by atoms with Gasteiger partial charge in [0.25, 0.3) is 5.91 Å². The number of nitrogens with one attached hydrogen (secondary N) is 1. The first-order valence-corrected chi connectivity index (χ1v) is 6.27. The highest BCUT2D eigenvalue weighted by Crippen LogP contribution is 2.17. The third kappa shape index (κ3) is 3.37. The van der Waals surface area contributed by atoms with Crippen LogP contribution in [0.3, 0.4) is 0 Å². The second-order valence-corrected chi connectivity index (χ2v) is 4.60. The molecule has 0 saturated heterocycles. The maximum Gasteiger partial charge on any atom is 0.251 e. The molecule has 2 aromatic rings. The zero-order valence-corrected chi connectivity index (χ0v) is 11.4. The number of nitriles is 1. The van der Waals surface area contributed by atoms with Gasteiger partial charge < -0.3 is 10.4 Å². The molecule has 0 radical (unpaired) electrons. The molecule has 0 aliphatic rings. The van der Waals surface area contributed by atoms with Crippen LogP contribution in [-0.2, 0) is 6.54 Å². The molecular weight excluding hydrogens is 271 g/mol. The maximum atomic E-state index is 13.7. The highest BCUT2D eigenvalue weighted by molar-refractivity contribution is 5.94. The topological polar surface area (TPSA) is 73.1 Å². The first-order chi connectivity index (χ1) is 10.0. The number of hydrogen-bond donors (Lipinski definition) is 2. The van der Waals surface area contributed by atoms with Gasteiger partial charge in [-0.25, -0.2) is 4.39 Å². The minimum atomic E-state index is -0.541. The molecule has 0 heterocycles. The molecule has 0 aromatic heterocycles. The minimum Gasteiger partial charge on any atom is -0.508 e. The number of halogens is 1. The predicted molar refractivity (Wildman–Crippen MR) is 75.1 cm³/mol. The van der Waals surface area contributed by atoms with Gasteiger partial charge in [0.1, 0.15) is 11.6 Å². The van der Waals surface area contributed by atoms with Crippen LogP contribution < -0.4 is 5.32 Å². The SMILES string of the molecule is Cc1ccc(C(=O)NCc2ccc(C#N)cc2F)cc1O. The lowest BCUT2D eigenvalue weighted by molar-refractivity contribution is 0.0950.